The zero-order valence-electron chi connectivity index (χ0n) is 34.7. The molecule has 5 amide bonds. The first-order chi connectivity index (χ1) is 30.6. The molecule has 65 heavy (non-hydrogen) atoms. The van der Waals surface area contributed by atoms with Gasteiger partial charge in [0.1, 0.15) is 28.8 Å². The fourth-order valence-corrected chi connectivity index (χ4v) is 6.25. The van der Waals surface area contributed by atoms with Crippen molar-refractivity contribution in [2.24, 2.45) is 0 Å². The summed E-state index contributed by atoms with van der Waals surface area (Å²) in [6.07, 6.45) is -0.472. The van der Waals surface area contributed by atoms with Crippen LogP contribution in [0, 0.1) is 70.2 Å². The molecule has 4 aromatic rings. The summed E-state index contributed by atoms with van der Waals surface area (Å²) in [6.45, 7) is -1.27. The fourth-order valence-electron chi connectivity index (χ4n) is 6.25. The Balaban J connectivity index is 0.0000112. The van der Waals surface area contributed by atoms with E-state index in [9.17, 15) is 68.8 Å². The van der Waals surface area contributed by atoms with E-state index in [1.807, 2.05) is 0 Å². The molecular weight excluding hydrogens is 998 g/mol. The van der Waals surface area contributed by atoms with E-state index >= 15 is 0 Å². The summed E-state index contributed by atoms with van der Waals surface area (Å²) >= 11 is 0. The van der Waals surface area contributed by atoms with Gasteiger partial charge in [-0.15, -0.1) is 0 Å². The van der Waals surface area contributed by atoms with Crippen LogP contribution in [-0.4, -0.2) is 117 Å². The van der Waals surface area contributed by atoms with Gasteiger partial charge in [-0.1, -0.05) is 24.3 Å². The second kappa shape index (κ2) is 25.6. The number of amides is 5. The Morgan fingerprint density at radius 3 is 1.43 bits per heavy atom. The molecule has 0 spiro atoms. The Morgan fingerprint density at radius 1 is 0.554 bits per heavy atom. The standard InChI is InChI=1S/C40H43N9O15.Eu/c1-64-35(54)19-6-20-41-36(55)26(45(40(59)30-13-5-18-34(53)49(30)63)25-9-22-43-38(57)28-11-3-16-32(51)47(28)61)14-7-23-44(39(58)29-12-4-17-33(52)48(29)62)24-8-21-42-37(56)27-10-2-15-31(50)46(27)60;/h2-5,10-13,15-18,26H,6-9,14,19-25H2,1H3,(H,41,55)(H,42,56)(H,43,57);/q-4;+3. The molecule has 3 N–H and O–H groups in total. The summed E-state index contributed by atoms with van der Waals surface area (Å²) in [5.41, 5.74) is -6.31. The number of nitrogens with one attached hydrogen (secondary N) is 3. The van der Waals surface area contributed by atoms with Gasteiger partial charge in [-0.2, -0.15) is 0 Å². The van der Waals surface area contributed by atoms with Crippen LogP contribution in [0.3, 0.4) is 0 Å². The first-order valence-electron chi connectivity index (χ1n) is 19.7. The number of nitrogens with zero attached hydrogens (tertiary/aromatic N) is 6. The molecule has 1 atom stereocenters. The van der Waals surface area contributed by atoms with Crippen molar-refractivity contribution >= 4 is 35.5 Å². The largest absolute Gasteiger partial charge is 3.00 e. The van der Waals surface area contributed by atoms with E-state index in [-0.39, 0.29) is 146 Å². The van der Waals surface area contributed by atoms with Gasteiger partial charge in [0.2, 0.25) is 28.1 Å². The average molecular weight is 1040 g/mol. The van der Waals surface area contributed by atoms with Crippen molar-refractivity contribution in [2.75, 3.05) is 46.4 Å². The van der Waals surface area contributed by atoms with E-state index in [2.05, 4.69) is 20.7 Å². The number of rotatable bonds is 22. The Morgan fingerprint density at radius 2 is 0.954 bits per heavy atom. The van der Waals surface area contributed by atoms with E-state index in [4.69, 9.17) is 0 Å². The second-order valence-corrected chi connectivity index (χ2v) is 13.8. The number of hydrogen-bond acceptors (Lipinski definition) is 15. The monoisotopic (exact) mass is 1040 g/mol. The number of aromatic nitrogens is 4. The molecule has 0 radical (unpaired) electrons. The van der Waals surface area contributed by atoms with E-state index in [1.165, 1.54) is 25.3 Å². The number of carbonyl (C=O) groups is 6. The maximum absolute atomic E-state index is 14.1. The zero-order chi connectivity index (χ0) is 46.9. The van der Waals surface area contributed by atoms with Gasteiger partial charge in [-0.25, -0.2) is 0 Å². The van der Waals surface area contributed by atoms with Gasteiger partial charge in [-0.05, 0) is 56.4 Å². The third kappa shape index (κ3) is 14.5. The maximum atomic E-state index is 14.1. The van der Waals surface area contributed by atoms with Crippen molar-refractivity contribution in [2.45, 2.75) is 44.6 Å². The normalized spacial score (nSPS) is 11.0. The molecule has 0 aromatic carbocycles. The number of carbonyl (C=O) groups excluding carboxylic acids is 6. The van der Waals surface area contributed by atoms with Gasteiger partial charge in [0, 0.05) is 70.0 Å². The van der Waals surface area contributed by atoms with Gasteiger partial charge < -0.3 is 70.2 Å². The van der Waals surface area contributed by atoms with Crippen LogP contribution in [0.2, 0.25) is 0 Å². The van der Waals surface area contributed by atoms with Crippen LogP contribution in [0.1, 0.15) is 80.5 Å². The van der Waals surface area contributed by atoms with Crippen LogP contribution in [0.4, 0.5) is 0 Å². The first kappa shape index (κ1) is 52.7. The Kier molecular flexibility index (Phi) is 20.8. The van der Waals surface area contributed by atoms with Crippen LogP contribution in [0.25, 0.3) is 0 Å². The molecule has 1 unspecified atom stereocenters. The topological polar surface area (TPSA) is 334 Å². The van der Waals surface area contributed by atoms with Crippen molar-refractivity contribution in [3.63, 3.8) is 0 Å². The van der Waals surface area contributed by atoms with Crippen LogP contribution < -0.4 is 38.2 Å². The maximum Gasteiger partial charge on any atom is 3.00 e. The summed E-state index contributed by atoms with van der Waals surface area (Å²) in [5, 5.41) is 57.2. The third-order valence-corrected chi connectivity index (χ3v) is 9.52. The average Bonchev–Trinajstić information content (AvgIpc) is 3.27. The molecule has 4 aromatic heterocycles. The summed E-state index contributed by atoms with van der Waals surface area (Å²) < 4.78 is 4.10. The number of ether oxygens (including phenoxy) is 1. The molecule has 0 saturated carbocycles. The fraction of sp³-hybridized carbons (Fsp3) is 0.350. The minimum atomic E-state index is -1.47. The van der Waals surface area contributed by atoms with Crippen molar-refractivity contribution < 1.29 is 82.9 Å². The number of esters is 1. The molecule has 0 fully saturated rings. The quantitative estimate of drug-likeness (QED) is 0.0638. The van der Waals surface area contributed by atoms with Gasteiger partial charge in [0.15, 0.2) is 0 Å². The molecule has 4 rings (SSSR count). The van der Waals surface area contributed by atoms with Crippen LogP contribution >= 0.6 is 0 Å². The van der Waals surface area contributed by atoms with E-state index in [0.717, 1.165) is 64.4 Å². The van der Waals surface area contributed by atoms with E-state index in [0.29, 0.717) is 0 Å². The van der Waals surface area contributed by atoms with Gasteiger partial charge in [-0.3, -0.25) is 47.9 Å². The number of methoxy groups -OCH3 is 1. The molecule has 0 saturated heterocycles. The van der Waals surface area contributed by atoms with Crippen molar-refractivity contribution in [3.05, 3.63) is 158 Å². The molecule has 24 nitrogen and oxygen atoms in total. The van der Waals surface area contributed by atoms with Crippen molar-refractivity contribution in [3.8, 4) is 0 Å². The molecule has 0 aliphatic rings. The van der Waals surface area contributed by atoms with E-state index < -0.39 is 86.6 Å². The molecule has 346 valence electrons. The predicted octanol–water partition coefficient (Wildman–Crippen LogP) is -0.840. The summed E-state index contributed by atoms with van der Waals surface area (Å²) in [4.78, 5) is 129. The van der Waals surface area contributed by atoms with Gasteiger partial charge in [0.05, 0.1) is 7.11 Å². The third-order valence-electron chi connectivity index (χ3n) is 9.52. The second-order valence-electron chi connectivity index (χ2n) is 13.8. The Bertz CT molecular complexity index is 2590. The SMILES string of the molecule is COC(=O)CCCNC(=O)C(CCCN(CCCNC(=O)c1cccc(=O)n1[O-])C(=O)c1cccc(=O)n1[O-])N(CCCNC(=O)c1cccc(=O)n1[O-])C(=O)c1cccc(=O)n1[O-].[Eu+3]. The Hall–Kier alpha value is -6.60. The van der Waals surface area contributed by atoms with Crippen molar-refractivity contribution in [1.29, 1.82) is 0 Å². The van der Waals surface area contributed by atoms with Crippen LogP contribution in [0.15, 0.2) is 92.0 Å². The van der Waals surface area contributed by atoms with Crippen molar-refractivity contribution in [1.82, 2.24) is 44.7 Å². The van der Waals surface area contributed by atoms with Crippen LogP contribution in [-0.2, 0) is 14.3 Å². The summed E-state index contributed by atoms with van der Waals surface area (Å²) in [5.74, 6) is -5.20. The number of pyridine rings is 4. The molecule has 0 aliphatic carbocycles. The molecule has 0 bridgehead atoms. The molecule has 0 aliphatic heterocycles. The summed E-state index contributed by atoms with van der Waals surface area (Å²) in [6, 6.07) is 11.4. The minimum absolute atomic E-state index is 0. The predicted molar refractivity (Wildman–Crippen MR) is 226 cm³/mol. The number of hydrogen-bond donors (Lipinski definition) is 3. The minimum Gasteiger partial charge on any atom is -0.803 e. The molecule has 25 heteroatoms. The van der Waals surface area contributed by atoms with Gasteiger partial charge >= 0.3 is 55.3 Å². The zero-order valence-corrected chi connectivity index (χ0v) is 37.1. The molecule has 4 heterocycles. The first-order valence-corrected chi connectivity index (χ1v) is 19.7. The Labute approximate surface area is 409 Å². The molecular formula is C40H43EuN9O15-. The van der Waals surface area contributed by atoms with Gasteiger partial charge in [0.25, 0.3) is 23.6 Å². The summed E-state index contributed by atoms with van der Waals surface area (Å²) in [7, 11) is 1.18. The van der Waals surface area contributed by atoms with E-state index in [1.54, 1.807) is 0 Å². The smallest absolute Gasteiger partial charge is 0.803 e. The van der Waals surface area contributed by atoms with Crippen LogP contribution in [0.5, 0.6) is 0 Å².